The highest BCUT2D eigenvalue weighted by atomic mass is 16.2. The molecule has 0 heterocycles. The maximum Gasteiger partial charge on any atom is 0.227 e. The van der Waals surface area contributed by atoms with Crippen molar-refractivity contribution >= 4 is 11.7 Å². The Labute approximate surface area is 79.9 Å². The Hall–Kier alpha value is -0.860. The molecule has 1 unspecified atom stereocenters. The molecule has 13 heavy (non-hydrogen) atoms. The van der Waals surface area contributed by atoms with Gasteiger partial charge in [-0.1, -0.05) is 20.3 Å². The van der Waals surface area contributed by atoms with Gasteiger partial charge in [-0.3, -0.25) is 9.59 Å². The summed E-state index contributed by atoms with van der Waals surface area (Å²) in [4.78, 5) is 21.8. The quantitative estimate of drug-likeness (QED) is 0.640. The number of amides is 1. The van der Waals surface area contributed by atoms with Crippen molar-refractivity contribution < 1.29 is 9.59 Å². The average Bonchev–Trinajstić information content (AvgIpc) is 2.02. The van der Waals surface area contributed by atoms with Gasteiger partial charge >= 0.3 is 0 Å². The first-order valence-corrected chi connectivity index (χ1v) is 4.88. The van der Waals surface area contributed by atoms with Crippen molar-refractivity contribution in [3.63, 3.8) is 0 Å². The van der Waals surface area contributed by atoms with E-state index in [0.29, 0.717) is 0 Å². The van der Waals surface area contributed by atoms with E-state index < -0.39 is 0 Å². The molecule has 3 nitrogen and oxygen atoms in total. The Morgan fingerprint density at radius 1 is 1.31 bits per heavy atom. The molecular formula is C10H19NO2. The summed E-state index contributed by atoms with van der Waals surface area (Å²) < 4.78 is 0. The third-order valence-electron chi connectivity index (χ3n) is 1.90. The standard InChI is InChI=1S/C10H19NO2/c1-4-6-9(5-2)11-10(13)7-8(3)12/h9H,4-7H2,1-3H3,(H,11,13). The molecule has 0 bridgehead atoms. The second-order valence-corrected chi connectivity index (χ2v) is 3.34. The molecule has 1 amide bonds. The molecule has 0 aromatic rings. The summed E-state index contributed by atoms with van der Waals surface area (Å²) in [6, 6.07) is 0.233. The smallest absolute Gasteiger partial charge is 0.227 e. The van der Waals surface area contributed by atoms with Crippen molar-refractivity contribution in [3.8, 4) is 0 Å². The molecule has 0 aliphatic heterocycles. The average molecular weight is 185 g/mol. The fraction of sp³-hybridized carbons (Fsp3) is 0.800. The van der Waals surface area contributed by atoms with Crippen LogP contribution in [0.25, 0.3) is 0 Å². The van der Waals surface area contributed by atoms with Crippen LogP contribution in [0.4, 0.5) is 0 Å². The van der Waals surface area contributed by atoms with E-state index in [9.17, 15) is 9.59 Å². The molecule has 0 fully saturated rings. The SMILES string of the molecule is CCCC(CC)NC(=O)CC(C)=O. The van der Waals surface area contributed by atoms with E-state index in [0.717, 1.165) is 19.3 Å². The lowest BCUT2D eigenvalue weighted by atomic mass is 10.1. The molecule has 1 N–H and O–H groups in total. The van der Waals surface area contributed by atoms with E-state index in [1.807, 2.05) is 6.92 Å². The molecule has 3 heteroatoms. The van der Waals surface area contributed by atoms with Crippen molar-refractivity contribution in [1.29, 1.82) is 0 Å². The van der Waals surface area contributed by atoms with Gasteiger partial charge in [0.2, 0.25) is 5.91 Å². The predicted molar refractivity (Wildman–Crippen MR) is 52.4 cm³/mol. The summed E-state index contributed by atoms with van der Waals surface area (Å²) in [5, 5.41) is 2.84. The Morgan fingerprint density at radius 3 is 2.31 bits per heavy atom. The largest absolute Gasteiger partial charge is 0.353 e. The molecule has 0 saturated carbocycles. The summed E-state index contributed by atoms with van der Waals surface area (Å²) in [6.07, 6.45) is 2.98. The minimum Gasteiger partial charge on any atom is -0.353 e. The topological polar surface area (TPSA) is 46.2 Å². The van der Waals surface area contributed by atoms with Gasteiger partial charge in [0.05, 0.1) is 6.42 Å². The molecule has 0 spiro atoms. The fourth-order valence-electron chi connectivity index (χ4n) is 1.23. The van der Waals surface area contributed by atoms with Crippen LogP contribution in [-0.4, -0.2) is 17.7 Å². The van der Waals surface area contributed by atoms with Gasteiger partial charge in [0, 0.05) is 6.04 Å². The van der Waals surface area contributed by atoms with Gasteiger partial charge in [0.25, 0.3) is 0 Å². The lowest BCUT2D eigenvalue weighted by Crippen LogP contribution is -2.35. The molecule has 0 rings (SSSR count). The third kappa shape index (κ3) is 6.31. The van der Waals surface area contributed by atoms with Crippen LogP contribution in [0.5, 0.6) is 0 Å². The van der Waals surface area contributed by atoms with E-state index in [-0.39, 0.29) is 24.2 Å². The second-order valence-electron chi connectivity index (χ2n) is 3.34. The number of carbonyl (C=O) groups excluding carboxylic acids is 2. The zero-order valence-corrected chi connectivity index (χ0v) is 8.72. The molecule has 0 radical (unpaired) electrons. The summed E-state index contributed by atoms with van der Waals surface area (Å²) >= 11 is 0. The molecular weight excluding hydrogens is 166 g/mol. The van der Waals surface area contributed by atoms with Gasteiger partial charge in [-0.25, -0.2) is 0 Å². The van der Waals surface area contributed by atoms with Crippen LogP contribution in [0, 0.1) is 0 Å². The highest BCUT2D eigenvalue weighted by Crippen LogP contribution is 2.01. The molecule has 0 aliphatic carbocycles. The minimum absolute atomic E-state index is 0.0141. The number of rotatable bonds is 6. The van der Waals surface area contributed by atoms with Crippen LogP contribution in [0.3, 0.4) is 0 Å². The van der Waals surface area contributed by atoms with Crippen molar-refractivity contribution in [2.24, 2.45) is 0 Å². The Morgan fingerprint density at radius 2 is 1.92 bits per heavy atom. The molecule has 0 aromatic heterocycles. The van der Waals surface area contributed by atoms with Gasteiger partial charge < -0.3 is 5.32 Å². The van der Waals surface area contributed by atoms with Crippen molar-refractivity contribution in [1.82, 2.24) is 5.32 Å². The Balaban J connectivity index is 3.79. The molecule has 0 aliphatic rings. The summed E-state index contributed by atoms with van der Waals surface area (Å²) in [5.41, 5.74) is 0. The lowest BCUT2D eigenvalue weighted by Gasteiger charge is -2.15. The second kappa shape index (κ2) is 6.63. The molecule has 0 saturated heterocycles. The molecule has 1 atom stereocenters. The number of ketones is 1. The van der Waals surface area contributed by atoms with Crippen LogP contribution in [0.15, 0.2) is 0 Å². The van der Waals surface area contributed by atoms with Gasteiger partial charge in [-0.05, 0) is 19.8 Å². The monoisotopic (exact) mass is 185 g/mol. The predicted octanol–water partition coefficient (Wildman–Crippen LogP) is 1.66. The summed E-state index contributed by atoms with van der Waals surface area (Å²) in [7, 11) is 0. The van der Waals surface area contributed by atoms with Crippen LogP contribution < -0.4 is 5.32 Å². The van der Waals surface area contributed by atoms with Crippen molar-refractivity contribution in [2.45, 2.75) is 52.5 Å². The highest BCUT2D eigenvalue weighted by Gasteiger charge is 2.10. The zero-order chi connectivity index (χ0) is 10.3. The Bertz CT molecular complexity index is 178. The first-order valence-electron chi connectivity index (χ1n) is 4.88. The maximum absolute atomic E-state index is 11.2. The van der Waals surface area contributed by atoms with Crippen LogP contribution in [0.2, 0.25) is 0 Å². The van der Waals surface area contributed by atoms with Gasteiger partial charge in [0.15, 0.2) is 0 Å². The van der Waals surface area contributed by atoms with E-state index in [1.165, 1.54) is 6.92 Å². The van der Waals surface area contributed by atoms with Gasteiger partial charge in [-0.15, -0.1) is 0 Å². The fourth-order valence-corrected chi connectivity index (χ4v) is 1.23. The van der Waals surface area contributed by atoms with Crippen LogP contribution in [-0.2, 0) is 9.59 Å². The first kappa shape index (κ1) is 12.1. The van der Waals surface area contributed by atoms with Gasteiger partial charge in [-0.2, -0.15) is 0 Å². The number of hydrogen-bond acceptors (Lipinski definition) is 2. The highest BCUT2D eigenvalue weighted by molar-refractivity contribution is 5.96. The molecule has 0 aromatic carbocycles. The first-order chi connectivity index (χ1) is 6.10. The van der Waals surface area contributed by atoms with Crippen molar-refractivity contribution in [3.05, 3.63) is 0 Å². The van der Waals surface area contributed by atoms with E-state index in [4.69, 9.17) is 0 Å². The number of carbonyl (C=O) groups is 2. The van der Waals surface area contributed by atoms with E-state index in [2.05, 4.69) is 12.2 Å². The van der Waals surface area contributed by atoms with Crippen LogP contribution in [0.1, 0.15) is 46.5 Å². The zero-order valence-electron chi connectivity index (χ0n) is 8.72. The Kier molecular flexibility index (Phi) is 6.20. The summed E-state index contributed by atoms with van der Waals surface area (Å²) in [5.74, 6) is -0.225. The van der Waals surface area contributed by atoms with E-state index in [1.54, 1.807) is 0 Å². The number of Topliss-reactive ketones (excluding diaryl/α,β-unsaturated/α-hetero) is 1. The lowest BCUT2D eigenvalue weighted by molar-refractivity contribution is -0.127. The van der Waals surface area contributed by atoms with Gasteiger partial charge in [0.1, 0.15) is 5.78 Å². The molecule has 76 valence electrons. The number of nitrogens with one attached hydrogen (secondary N) is 1. The number of hydrogen-bond donors (Lipinski definition) is 1. The van der Waals surface area contributed by atoms with Crippen LogP contribution >= 0.6 is 0 Å². The van der Waals surface area contributed by atoms with E-state index >= 15 is 0 Å². The minimum atomic E-state index is -0.146. The summed E-state index contributed by atoms with van der Waals surface area (Å²) in [6.45, 7) is 5.55. The van der Waals surface area contributed by atoms with Crippen molar-refractivity contribution in [2.75, 3.05) is 0 Å². The normalized spacial score (nSPS) is 12.2. The third-order valence-corrected chi connectivity index (χ3v) is 1.90. The maximum atomic E-state index is 11.2.